The van der Waals surface area contributed by atoms with Gasteiger partial charge in [0.15, 0.2) is 0 Å². The highest BCUT2D eigenvalue weighted by Crippen LogP contribution is 1.76. The summed E-state index contributed by atoms with van der Waals surface area (Å²) >= 11 is 3.05. The Kier molecular flexibility index (Phi) is 14.7. The summed E-state index contributed by atoms with van der Waals surface area (Å²) in [5.74, 6) is 0. The molecule has 0 atom stereocenters. The van der Waals surface area contributed by atoms with E-state index in [2.05, 4.69) is 15.9 Å². The first-order valence-electron chi connectivity index (χ1n) is 1.37. The summed E-state index contributed by atoms with van der Waals surface area (Å²) in [4.78, 5) is 1.74. The Morgan fingerprint density at radius 3 is 2.17 bits per heavy atom. The lowest BCUT2D eigenvalue weighted by Crippen LogP contribution is -1.90. The lowest BCUT2D eigenvalue weighted by Gasteiger charge is -1.65. The normalized spacial score (nSPS) is 8.33. The first-order chi connectivity index (χ1) is 2.41. The summed E-state index contributed by atoms with van der Waals surface area (Å²) in [5.41, 5.74) is 5.02. The molecule has 2 N–H and O–H groups in total. The summed E-state index contributed by atoms with van der Waals surface area (Å²) in [6.07, 6.45) is 1.82. The van der Waals surface area contributed by atoms with E-state index in [1.165, 1.54) is 0 Å². The average Bonchev–Trinajstić information content (AvgIpc) is 1.41. The topological polar surface area (TPSA) is 26.0 Å². The third-order valence-electron chi connectivity index (χ3n) is 0.225. The van der Waals surface area contributed by atoms with Gasteiger partial charge in [-0.3, -0.25) is 0 Å². The number of rotatable bonds is 1. The smallest absolute Gasteiger partial charge is 0.0115 e. The first kappa shape index (κ1) is 9.69. The number of halogens is 2. The van der Waals surface area contributed by atoms with Gasteiger partial charge in [0.25, 0.3) is 0 Å². The standard InChI is InChI=1S/C3H6BrN.ClH/c4-2-1-3-5;/h1-2H,3,5H2;1H. The fourth-order valence-electron chi connectivity index (χ4n) is 0.0514. The van der Waals surface area contributed by atoms with Crippen LogP contribution in [0.25, 0.3) is 0 Å². The van der Waals surface area contributed by atoms with Gasteiger partial charge in [-0.15, -0.1) is 12.4 Å². The van der Waals surface area contributed by atoms with Crippen molar-refractivity contribution in [2.45, 2.75) is 0 Å². The van der Waals surface area contributed by atoms with Crippen molar-refractivity contribution in [1.29, 1.82) is 0 Å². The summed E-state index contributed by atoms with van der Waals surface area (Å²) in [6, 6.07) is 0. The minimum Gasteiger partial charge on any atom is -0.327 e. The molecule has 0 aliphatic carbocycles. The van der Waals surface area contributed by atoms with E-state index in [9.17, 15) is 0 Å². The van der Waals surface area contributed by atoms with E-state index in [1.54, 1.807) is 4.99 Å². The Bertz CT molecular complexity index is 37.8. The second-order valence-corrected chi connectivity index (χ2v) is 1.13. The monoisotopic (exact) mass is 171 g/mol. The highest BCUT2D eigenvalue weighted by molar-refractivity contribution is 9.11. The molecule has 0 aromatic rings. The molecule has 3 heteroatoms. The maximum Gasteiger partial charge on any atom is 0.0115 e. The quantitative estimate of drug-likeness (QED) is 0.633. The Morgan fingerprint density at radius 2 is 2.17 bits per heavy atom. The van der Waals surface area contributed by atoms with Crippen LogP contribution in [0.1, 0.15) is 0 Å². The molecule has 0 aliphatic rings. The van der Waals surface area contributed by atoms with Crippen LogP contribution in [0.2, 0.25) is 0 Å². The predicted octanol–water partition coefficient (Wildman–Crippen LogP) is 1.28. The van der Waals surface area contributed by atoms with Crippen LogP contribution in [-0.4, -0.2) is 6.54 Å². The largest absolute Gasteiger partial charge is 0.327 e. The molecule has 0 fully saturated rings. The zero-order valence-corrected chi connectivity index (χ0v) is 5.63. The second-order valence-electron chi connectivity index (χ2n) is 0.597. The highest BCUT2D eigenvalue weighted by Gasteiger charge is 1.52. The van der Waals surface area contributed by atoms with Crippen LogP contribution >= 0.6 is 28.3 Å². The lowest BCUT2D eigenvalue weighted by atomic mass is 10.7. The maximum atomic E-state index is 5.02. The van der Waals surface area contributed by atoms with E-state index < -0.39 is 0 Å². The highest BCUT2D eigenvalue weighted by atomic mass is 79.9. The summed E-state index contributed by atoms with van der Waals surface area (Å²) in [6.45, 7) is 0.616. The van der Waals surface area contributed by atoms with Crippen molar-refractivity contribution in [2.24, 2.45) is 5.73 Å². The molecule has 38 valence electrons. The van der Waals surface area contributed by atoms with Crippen LogP contribution in [0, 0.1) is 0 Å². The van der Waals surface area contributed by atoms with Gasteiger partial charge in [0.1, 0.15) is 0 Å². The predicted molar refractivity (Wildman–Crippen MR) is 34.4 cm³/mol. The molecule has 0 aromatic carbocycles. The summed E-state index contributed by atoms with van der Waals surface area (Å²) < 4.78 is 0. The molecule has 6 heavy (non-hydrogen) atoms. The van der Waals surface area contributed by atoms with Crippen molar-refractivity contribution in [3.05, 3.63) is 11.1 Å². The molecular formula is C3H7BrClN. The van der Waals surface area contributed by atoms with Gasteiger partial charge in [-0.05, 0) is 4.99 Å². The zero-order valence-electron chi connectivity index (χ0n) is 3.23. The second kappa shape index (κ2) is 9.08. The van der Waals surface area contributed by atoms with Gasteiger partial charge in [0.2, 0.25) is 0 Å². The van der Waals surface area contributed by atoms with E-state index in [-0.39, 0.29) is 12.4 Å². The van der Waals surface area contributed by atoms with Crippen molar-refractivity contribution < 1.29 is 0 Å². The van der Waals surface area contributed by atoms with E-state index in [4.69, 9.17) is 5.73 Å². The third-order valence-corrected chi connectivity index (χ3v) is 0.599. The van der Waals surface area contributed by atoms with Crippen molar-refractivity contribution in [2.75, 3.05) is 6.54 Å². The Morgan fingerprint density at radius 1 is 1.67 bits per heavy atom. The van der Waals surface area contributed by atoms with Crippen molar-refractivity contribution in [3.8, 4) is 0 Å². The van der Waals surface area contributed by atoms with Crippen LogP contribution in [-0.2, 0) is 0 Å². The molecule has 0 aliphatic heterocycles. The summed E-state index contributed by atoms with van der Waals surface area (Å²) in [5, 5.41) is 0. The molecule has 0 saturated carbocycles. The van der Waals surface area contributed by atoms with Gasteiger partial charge in [0, 0.05) is 6.54 Å². The molecule has 0 amide bonds. The number of nitrogens with two attached hydrogens (primary N) is 1. The molecule has 0 bridgehead atoms. The molecule has 0 heterocycles. The minimum atomic E-state index is 0. The van der Waals surface area contributed by atoms with Crippen molar-refractivity contribution >= 4 is 28.3 Å². The first-order valence-corrected chi connectivity index (χ1v) is 2.28. The van der Waals surface area contributed by atoms with Gasteiger partial charge < -0.3 is 5.73 Å². The van der Waals surface area contributed by atoms with Gasteiger partial charge in [0.05, 0.1) is 0 Å². The third kappa shape index (κ3) is 8.82. The summed E-state index contributed by atoms with van der Waals surface area (Å²) in [7, 11) is 0. The van der Waals surface area contributed by atoms with Gasteiger partial charge >= 0.3 is 0 Å². The molecular weight excluding hydrogens is 165 g/mol. The number of hydrogen-bond acceptors (Lipinski definition) is 1. The van der Waals surface area contributed by atoms with Crippen LogP contribution in [0.5, 0.6) is 0 Å². The number of hydrogen-bond donors (Lipinski definition) is 1. The van der Waals surface area contributed by atoms with Crippen LogP contribution in [0.4, 0.5) is 0 Å². The Labute approximate surface area is 52.1 Å². The van der Waals surface area contributed by atoms with E-state index in [0.29, 0.717) is 6.54 Å². The molecule has 1 nitrogen and oxygen atoms in total. The van der Waals surface area contributed by atoms with Crippen molar-refractivity contribution in [1.82, 2.24) is 0 Å². The Hall–Kier alpha value is 0.470. The zero-order chi connectivity index (χ0) is 4.12. The molecule has 0 aromatic heterocycles. The van der Waals surface area contributed by atoms with Crippen molar-refractivity contribution in [3.63, 3.8) is 0 Å². The fraction of sp³-hybridized carbons (Fsp3) is 0.333. The van der Waals surface area contributed by atoms with Crippen LogP contribution < -0.4 is 5.73 Å². The molecule has 0 unspecified atom stereocenters. The van der Waals surface area contributed by atoms with Crippen LogP contribution in [0.3, 0.4) is 0 Å². The Balaban J connectivity index is 0. The lowest BCUT2D eigenvalue weighted by molar-refractivity contribution is 1.26. The SMILES string of the molecule is Cl.NCC=CBr. The van der Waals surface area contributed by atoms with E-state index in [1.807, 2.05) is 6.08 Å². The van der Waals surface area contributed by atoms with Gasteiger partial charge in [-0.25, -0.2) is 0 Å². The molecule has 0 rings (SSSR count). The van der Waals surface area contributed by atoms with Gasteiger partial charge in [-0.2, -0.15) is 0 Å². The maximum absolute atomic E-state index is 5.02. The van der Waals surface area contributed by atoms with E-state index >= 15 is 0 Å². The molecule has 0 saturated heterocycles. The fourth-order valence-corrected chi connectivity index (χ4v) is 0.267. The van der Waals surface area contributed by atoms with E-state index in [0.717, 1.165) is 0 Å². The molecule has 0 radical (unpaired) electrons. The molecule has 0 spiro atoms. The average molecular weight is 172 g/mol. The van der Waals surface area contributed by atoms with Gasteiger partial charge in [-0.1, -0.05) is 22.0 Å². The van der Waals surface area contributed by atoms with Crippen LogP contribution in [0.15, 0.2) is 11.1 Å². The minimum absolute atomic E-state index is 0.